The Kier molecular flexibility index (Phi) is 7.28. The van der Waals surface area contributed by atoms with Gasteiger partial charge in [-0.15, -0.1) is 0 Å². The smallest absolute Gasteiger partial charge is 0.336 e. The lowest BCUT2D eigenvalue weighted by Crippen LogP contribution is -2.25. The fraction of sp³-hybridized carbons (Fsp3) is 0.360. The highest BCUT2D eigenvalue weighted by molar-refractivity contribution is 5.95. The molecule has 0 atom stereocenters. The molecule has 0 unspecified atom stereocenters. The van der Waals surface area contributed by atoms with E-state index < -0.39 is 5.97 Å². The van der Waals surface area contributed by atoms with Gasteiger partial charge in [-0.2, -0.15) is 0 Å². The number of aromatic nitrogens is 2. The van der Waals surface area contributed by atoms with Crippen molar-refractivity contribution in [2.24, 2.45) is 0 Å². The average Bonchev–Trinajstić information content (AvgIpc) is 3.04. The second kappa shape index (κ2) is 10.1. The van der Waals surface area contributed by atoms with E-state index in [0.29, 0.717) is 12.1 Å². The van der Waals surface area contributed by atoms with Gasteiger partial charge in [-0.1, -0.05) is 75.6 Å². The summed E-state index contributed by atoms with van der Waals surface area (Å²) in [5, 5.41) is 9.43. The predicted octanol–water partition coefficient (Wildman–Crippen LogP) is 5.21. The Labute approximate surface area is 177 Å². The van der Waals surface area contributed by atoms with Crippen molar-refractivity contribution < 1.29 is 9.90 Å². The molecule has 0 aliphatic rings. The van der Waals surface area contributed by atoms with Gasteiger partial charge in [0.05, 0.1) is 12.1 Å². The van der Waals surface area contributed by atoms with Crippen LogP contribution in [0.5, 0.6) is 0 Å². The first-order chi connectivity index (χ1) is 14.5. The van der Waals surface area contributed by atoms with Crippen LogP contribution in [0.25, 0.3) is 11.1 Å². The number of hydrogen-bond acceptors (Lipinski definition) is 2. The van der Waals surface area contributed by atoms with Gasteiger partial charge >= 0.3 is 11.7 Å². The maximum Gasteiger partial charge on any atom is 0.336 e. The minimum Gasteiger partial charge on any atom is -0.478 e. The molecule has 0 bridgehead atoms. The summed E-state index contributed by atoms with van der Waals surface area (Å²) in [6.45, 7) is 5.57. The molecule has 30 heavy (non-hydrogen) atoms. The molecule has 0 aliphatic heterocycles. The van der Waals surface area contributed by atoms with Crippen LogP contribution < -0.4 is 5.69 Å². The lowest BCUT2D eigenvalue weighted by Gasteiger charge is -2.09. The summed E-state index contributed by atoms with van der Waals surface area (Å²) >= 11 is 0. The molecule has 0 amide bonds. The first-order valence-electron chi connectivity index (χ1n) is 10.8. The number of nitrogens with zero attached hydrogens (tertiary/aromatic N) is 2. The first-order valence-corrected chi connectivity index (χ1v) is 10.8. The molecule has 0 fully saturated rings. The normalized spacial score (nSPS) is 11.0. The molecule has 5 heteroatoms. The van der Waals surface area contributed by atoms with Crippen LogP contribution in [0.15, 0.2) is 59.5 Å². The lowest BCUT2D eigenvalue weighted by atomic mass is 9.99. The van der Waals surface area contributed by atoms with Crippen molar-refractivity contribution in [3.63, 3.8) is 0 Å². The molecule has 1 N–H and O–H groups in total. The number of aryl methyl sites for hydroxylation is 2. The summed E-state index contributed by atoms with van der Waals surface area (Å²) in [7, 11) is 0. The molecule has 0 radical (unpaired) electrons. The van der Waals surface area contributed by atoms with Crippen molar-refractivity contribution in [1.82, 2.24) is 9.13 Å². The SMILES string of the molecule is CCCCCn1cc(CCC)n(Cc2ccc(-c3ccccc3C(=O)O)cc2)c1=O. The second-order valence-electron chi connectivity index (χ2n) is 7.69. The summed E-state index contributed by atoms with van der Waals surface area (Å²) in [5.41, 5.74) is 3.99. The summed E-state index contributed by atoms with van der Waals surface area (Å²) in [6.07, 6.45) is 7.15. The Morgan fingerprint density at radius 1 is 0.967 bits per heavy atom. The Bertz CT molecular complexity index is 1050. The highest BCUT2D eigenvalue weighted by Gasteiger charge is 2.13. The van der Waals surface area contributed by atoms with E-state index >= 15 is 0 Å². The summed E-state index contributed by atoms with van der Waals surface area (Å²) in [4.78, 5) is 24.4. The lowest BCUT2D eigenvalue weighted by molar-refractivity contribution is 0.0697. The highest BCUT2D eigenvalue weighted by atomic mass is 16.4. The maximum atomic E-state index is 12.9. The van der Waals surface area contributed by atoms with Gasteiger partial charge < -0.3 is 5.11 Å². The number of hydrogen-bond donors (Lipinski definition) is 1. The standard InChI is InChI=1S/C25H30N2O3/c1-3-5-8-16-26-18-21(9-4-2)27(25(26)30)17-19-12-14-20(15-13-19)22-10-6-7-11-23(22)24(28)29/h6-7,10-15,18H,3-5,8-9,16-17H2,1-2H3,(H,28,29). The highest BCUT2D eigenvalue weighted by Crippen LogP contribution is 2.24. The number of rotatable bonds is 10. The van der Waals surface area contributed by atoms with Crippen molar-refractivity contribution in [2.75, 3.05) is 0 Å². The molecule has 5 nitrogen and oxygen atoms in total. The summed E-state index contributed by atoms with van der Waals surface area (Å²) < 4.78 is 3.72. The molecule has 0 saturated heterocycles. The van der Waals surface area contributed by atoms with Crippen molar-refractivity contribution in [2.45, 2.75) is 59.0 Å². The van der Waals surface area contributed by atoms with Crippen molar-refractivity contribution in [3.05, 3.63) is 82.0 Å². The Hall–Kier alpha value is -3.08. The number of imidazole rings is 1. The largest absolute Gasteiger partial charge is 0.478 e. The van der Waals surface area contributed by atoms with E-state index in [9.17, 15) is 14.7 Å². The van der Waals surface area contributed by atoms with E-state index in [0.717, 1.165) is 55.5 Å². The quantitative estimate of drug-likeness (QED) is 0.470. The van der Waals surface area contributed by atoms with Crippen LogP contribution in [-0.4, -0.2) is 20.2 Å². The van der Waals surface area contributed by atoms with Gasteiger partial charge in [-0.3, -0.25) is 9.13 Å². The van der Waals surface area contributed by atoms with Gasteiger partial charge in [0.2, 0.25) is 0 Å². The molecule has 2 aromatic carbocycles. The molecular formula is C25H30N2O3. The molecular weight excluding hydrogens is 376 g/mol. The minimum atomic E-state index is -0.935. The zero-order valence-corrected chi connectivity index (χ0v) is 17.8. The molecule has 3 rings (SSSR count). The number of benzene rings is 2. The molecule has 3 aromatic rings. The first kappa shape index (κ1) is 21.6. The molecule has 158 valence electrons. The molecule has 0 spiro atoms. The van der Waals surface area contributed by atoms with Gasteiger partial charge in [-0.05, 0) is 35.6 Å². The number of carboxylic acids is 1. The van der Waals surface area contributed by atoms with Crippen LogP contribution >= 0.6 is 0 Å². The Morgan fingerprint density at radius 3 is 2.37 bits per heavy atom. The monoisotopic (exact) mass is 406 g/mol. The van der Waals surface area contributed by atoms with Crippen LogP contribution in [0.1, 0.15) is 61.1 Å². The van der Waals surface area contributed by atoms with Crippen LogP contribution in [0.3, 0.4) is 0 Å². The van der Waals surface area contributed by atoms with E-state index in [4.69, 9.17) is 0 Å². The fourth-order valence-electron chi connectivity index (χ4n) is 3.79. The van der Waals surface area contributed by atoms with Crippen LogP contribution in [0, 0.1) is 0 Å². The van der Waals surface area contributed by atoms with E-state index in [-0.39, 0.29) is 11.3 Å². The van der Waals surface area contributed by atoms with Gasteiger partial charge in [0.15, 0.2) is 0 Å². The molecule has 1 heterocycles. The molecule has 0 saturated carbocycles. The molecule has 0 aliphatic carbocycles. The third kappa shape index (κ3) is 4.90. The van der Waals surface area contributed by atoms with Crippen LogP contribution in [0.2, 0.25) is 0 Å². The Balaban J connectivity index is 1.85. The topological polar surface area (TPSA) is 64.2 Å². The fourth-order valence-corrected chi connectivity index (χ4v) is 3.79. The maximum absolute atomic E-state index is 12.9. The van der Waals surface area contributed by atoms with Crippen molar-refractivity contribution in [1.29, 1.82) is 0 Å². The second-order valence-corrected chi connectivity index (χ2v) is 7.69. The third-order valence-electron chi connectivity index (χ3n) is 5.40. The third-order valence-corrected chi connectivity index (χ3v) is 5.40. The zero-order chi connectivity index (χ0) is 21.5. The number of unbranched alkanes of at least 4 members (excludes halogenated alkanes) is 2. The number of aromatic carboxylic acids is 1. The van der Waals surface area contributed by atoms with Crippen molar-refractivity contribution >= 4 is 5.97 Å². The zero-order valence-electron chi connectivity index (χ0n) is 17.8. The van der Waals surface area contributed by atoms with Gasteiger partial charge in [0.1, 0.15) is 0 Å². The van der Waals surface area contributed by atoms with Gasteiger partial charge in [-0.25, -0.2) is 9.59 Å². The summed E-state index contributed by atoms with van der Waals surface area (Å²) in [5.74, 6) is -0.935. The molecule has 1 aromatic heterocycles. The van der Waals surface area contributed by atoms with E-state index in [1.54, 1.807) is 12.1 Å². The van der Waals surface area contributed by atoms with Gasteiger partial charge in [0.25, 0.3) is 0 Å². The average molecular weight is 407 g/mol. The van der Waals surface area contributed by atoms with E-state index in [2.05, 4.69) is 13.8 Å². The predicted molar refractivity (Wildman–Crippen MR) is 120 cm³/mol. The Morgan fingerprint density at radius 2 is 1.70 bits per heavy atom. The van der Waals surface area contributed by atoms with E-state index in [1.165, 1.54) is 0 Å². The van der Waals surface area contributed by atoms with Crippen LogP contribution in [-0.2, 0) is 19.5 Å². The van der Waals surface area contributed by atoms with Gasteiger partial charge in [0, 0.05) is 18.4 Å². The summed E-state index contributed by atoms with van der Waals surface area (Å²) in [6, 6.07) is 14.8. The van der Waals surface area contributed by atoms with Crippen LogP contribution in [0.4, 0.5) is 0 Å². The number of carboxylic acid groups (broad SMARTS) is 1. The van der Waals surface area contributed by atoms with Crippen molar-refractivity contribution in [3.8, 4) is 11.1 Å². The minimum absolute atomic E-state index is 0.0508. The van der Waals surface area contributed by atoms with E-state index in [1.807, 2.05) is 51.7 Å². The number of carbonyl (C=O) groups is 1.